The summed E-state index contributed by atoms with van der Waals surface area (Å²) >= 11 is 6.56. The molecular weight excluding hydrogens is 576 g/mol. The molecule has 0 spiro atoms. The summed E-state index contributed by atoms with van der Waals surface area (Å²) in [5.74, 6) is 0.360. The Balaban J connectivity index is 1.53. The highest BCUT2D eigenvalue weighted by molar-refractivity contribution is 7.93. The first-order chi connectivity index (χ1) is 20.3. The molecule has 4 aromatic rings. The third-order valence-electron chi connectivity index (χ3n) is 7.94. The summed E-state index contributed by atoms with van der Waals surface area (Å²) in [6, 6.07) is 22.0. The molecule has 2 aliphatic heterocycles. The number of halogens is 1. The van der Waals surface area contributed by atoms with Gasteiger partial charge in [0, 0.05) is 60.4 Å². The lowest BCUT2D eigenvalue weighted by Crippen LogP contribution is -2.60. The fourth-order valence-corrected chi connectivity index (χ4v) is 7.60. The molecule has 1 atom stereocenters. The van der Waals surface area contributed by atoms with Crippen LogP contribution in [0.25, 0.3) is 0 Å². The van der Waals surface area contributed by atoms with E-state index in [4.69, 9.17) is 21.1 Å². The lowest BCUT2D eigenvalue weighted by Gasteiger charge is -2.46. The van der Waals surface area contributed by atoms with Gasteiger partial charge in [0.1, 0.15) is 11.5 Å². The molecule has 6 rings (SSSR count). The fraction of sp³-hybridized carbons (Fsp3) is 0.226. The Kier molecular flexibility index (Phi) is 7.30. The van der Waals surface area contributed by atoms with Crippen LogP contribution in [0.3, 0.4) is 0 Å². The molecule has 1 saturated heterocycles. The molecule has 3 aromatic carbocycles. The number of methoxy groups -OCH3 is 2. The molecule has 1 amide bonds. The molecule has 1 unspecified atom stereocenters. The van der Waals surface area contributed by atoms with E-state index in [0.29, 0.717) is 53.8 Å². The summed E-state index contributed by atoms with van der Waals surface area (Å²) in [5, 5.41) is 0.389. The van der Waals surface area contributed by atoms with Gasteiger partial charge in [-0.3, -0.25) is 14.7 Å². The van der Waals surface area contributed by atoms with Gasteiger partial charge in [-0.05, 0) is 60.7 Å². The van der Waals surface area contributed by atoms with Gasteiger partial charge in [0.25, 0.3) is 15.9 Å². The number of benzene rings is 3. The highest BCUT2D eigenvalue weighted by Crippen LogP contribution is 2.53. The van der Waals surface area contributed by atoms with E-state index in [1.165, 1.54) is 26.4 Å². The highest BCUT2D eigenvalue weighted by Gasteiger charge is 2.60. The molecule has 216 valence electrons. The summed E-state index contributed by atoms with van der Waals surface area (Å²) < 4.78 is 40.4. The third-order valence-corrected chi connectivity index (χ3v) is 9.88. The second-order valence-corrected chi connectivity index (χ2v) is 12.2. The average Bonchev–Trinajstić information content (AvgIpc) is 3.29. The highest BCUT2D eigenvalue weighted by atomic mass is 35.5. The van der Waals surface area contributed by atoms with Crippen molar-refractivity contribution in [2.75, 3.05) is 49.6 Å². The first-order valence-corrected chi connectivity index (χ1v) is 15.2. The minimum atomic E-state index is -4.33. The lowest BCUT2D eigenvalue weighted by molar-refractivity contribution is -0.127. The first-order valence-electron chi connectivity index (χ1n) is 13.4. The summed E-state index contributed by atoms with van der Waals surface area (Å²) in [6.07, 6.45) is 3.50. The number of sulfonamides is 1. The van der Waals surface area contributed by atoms with Crippen molar-refractivity contribution >= 4 is 38.9 Å². The molecule has 0 saturated carbocycles. The Morgan fingerprint density at radius 3 is 2.19 bits per heavy atom. The second-order valence-electron chi connectivity index (χ2n) is 10.0. The number of anilines is 2. The third kappa shape index (κ3) is 4.38. The number of fused-ring (bicyclic) bond motifs is 1. The lowest BCUT2D eigenvalue weighted by atomic mass is 9.81. The van der Waals surface area contributed by atoms with Crippen LogP contribution in [0.4, 0.5) is 11.4 Å². The maximum atomic E-state index is 15.0. The Labute approximate surface area is 249 Å². The first kappa shape index (κ1) is 28.0. The Morgan fingerprint density at radius 2 is 1.52 bits per heavy atom. The topological polar surface area (TPSA) is 92.3 Å². The fourth-order valence-electron chi connectivity index (χ4n) is 5.97. The number of ether oxygens (including phenoxy) is 2. The van der Waals surface area contributed by atoms with Gasteiger partial charge < -0.3 is 14.4 Å². The maximum absolute atomic E-state index is 15.0. The second kappa shape index (κ2) is 10.9. The Morgan fingerprint density at radius 1 is 0.833 bits per heavy atom. The minimum absolute atomic E-state index is 0.0316. The average molecular weight is 605 g/mol. The predicted octanol–water partition coefficient (Wildman–Crippen LogP) is 4.55. The number of para-hydroxylation sites is 1. The molecule has 42 heavy (non-hydrogen) atoms. The molecule has 0 N–H and O–H groups in total. The van der Waals surface area contributed by atoms with Gasteiger partial charge in [0.15, 0.2) is 5.54 Å². The molecular formula is C31H29ClN4O5S. The molecule has 0 bridgehead atoms. The summed E-state index contributed by atoms with van der Waals surface area (Å²) in [5.41, 5.74) is 0.796. The standard InChI is InChI=1S/C31H29ClN4O5S/c1-40-24-8-10-25(11-9-24)42(38,39)36-28-12-7-22(32)21-27(28)31(30(36)37,26-5-3-4-6-29(26)41-2)35-19-17-34(18-20-35)23-13-15-33-16-14-23/h3-16,21H,17-20H2,1-2H3. The minimum Gasteiger partial charge on any atom is -0.497 e. The van der Waals surface area contributed by atoms with E-state index in [0.717, 1.165) is 9.99 Å². The van der Waals surface area contributed by atoms with Gasteiger partial charge in [-0.25, -0.2) is 12.7 Å². The largest absolute Gasteiger partial charge is 0.497 e. The molecule has 1 aromatic heterocycles. The summed E-state index contributed by atoms with van der Waals surface area (Å²) in [4.78, 5) is 23.4. The van der Waals surface area contributed by atoms with E-state index in [1.807, 2.05) is 35.2 Å². The van der Waals surface area contributed by atoms with Crippen molar-refractivity contribution in [2.24, 2.45) is 0 Å². The smallest absolute Gasteiger partial charge is 0.271 e. The SMILES string of the molecule is COc1ccc(S(=O)(=O)N2C(=O)C(c3ccccc3OC)(N3CCN(c4ccncc4)CC3)c3cc(Cl)ccc32)cc1. The maximum Gasteiger partial charge on any atom is 0.271 e. The zero-order chi connectivity index (χ0) is 29.5. The quantitative estimate of drug-likeness (QED) is 0.303. The van der Waals surface area contributed by atoms with Crippen molar-refractivity contribution in [2.45, 2.75) is 10.4 Å². The molecule has 0 aliphatic carbocycles. The van der Waals surface area contributed by atoms with Crippen molar-refractivity contribution in [3.8, 4) is 11.5 Å². The number of carbonyl (C=O) groups excluding carboxylic acids is 1. The summed E-state index contributed by atoms with van der Waals surface area (Å²) in [6.45, 7) is 2.15. The van der Waals surface area contributed by atoms with E-state index < -0.39 is 21.5 Å². The van der Waals surface area contributed by atoms with Gasteiger partial charge in [0.2, 0.25) is 0 Å². The number of piperazine rings is 1. The molecule has 3 heterocycles. The van der Waals surface area contributed by atoms with Gasteiger partial charge in [-0.15, -0.1) is 0 Å². The monoisotopic (exact) mass is 604 g/mol. The predicted molar refractivity (Wildman–Crippen MR) is 161 cm³/mol. The number of carbonyl (C=O) groups is 1. The number of pyridine rings is 1. The van der Waals surface area contributed by atoms with Gasteiger partial charge in [0.05, 0.1) is 24.8 Å². The zero-order valence-corrected chi connectivity index (χ0v) is 24.7. The van der Waals surface area contributed by atoms with Gasteiger partial charge >= 0.3 is 0 Å². The Bertz CT molecular complexity index is 1730. The van der Waals surface area contributed by atoms with Crippen LogP contribution in [0.15, 0.2) is 96.2 Å². The number of hydrogen-bond donors (Lipinski definition) is 0. The number of amides is 1. The van der Waals surface area contributed by atoms with Gasteiger partial charge in [-0.1, -0.05) is 29.8 Å². The van der Waals surface area contributed by atoms with Crippen LogP contribution in [-0.2, 0) is 20.4 Å². The molecule has 9 nitrogen and oxygen atoms in total. The number of rotatable bonds is 7. The summed E-state index contributed by atoms with van der Waals surface area (Å²) in [7, 11) is -1.29. The van der Waals surface area contributed by atoms with Crippen molar-refractivity contribution in [3.05, 3.63) is 107 Å². The van der Waals surface area contributed by atoms with E-state index in [9.17, 15) is 8.42 Å². The molecule has 1 fully saturated rings. The number of nitrogens with zero attached hydrogens (tertiary/aromatic N) is 4. The van der Waals surface area contributed by atoms with Crippen molar-refractivity contribution in [1.82, 2.24) is 9.88 Å². The molecule has 0 radical (unpaired) electrons. The molecule has 2 aliphatic rings. The van der Waals surface area contributed by atoms with Crippen LogP contribution in [0.1, 0.15) is 11.1 Å². The van der Waals surface area contributed by atoms with Crippen LogP contribution >= 0.6 is 11.6 Å². The van der Waals surface area contributed by atoms with Crippen LogP contribution in [-0.4, -0.2) is 64.6 Å². The van der Waals surface area contributed by atoms with Crippen molar-refractivity contribution in [1.29, 1.82) is 0 Å². The van der Waals surface area contributed by atoms with Crippen LogP contribution < -0.4 is 18.7 Å². The van der Waals surface area contributed by atoms with Crippen LogP contribution in [0.5, 0.6) is 11.5 Å². The van der Waals surface area contributed by atoms with Crippen molar-refractivity contribution < 1.29 is 22.7 Å². The van der Waals surface area contributed by atoms with Crippen LogP contribution in [0, 0.1) is 0 Å². The van der Waals surface area contributed by atoms with E-state index in [-0.39, 0.29) is 10.6 Å². The van der Waals surface area contributed by atoms with E-state index in [2.05, 4.69) is 9.88 Å². The van der Waals surface area contributed by atoms with Crippen LogP contribution in [0.2, 0.25) is 5.02 Å². The Hall–Kier alpha value is -4.12. The number of hydrogen-bond acceptors (Lipinski definition) is 8. The number of aromatic nitrogens is 1. The molecule has 11 heteroatoms. The van der Waals surface area contributed by atoms with E-state index >= 15 is 4.79 Å². The zero-order valence-electron chi connectivity index (χ0n) is 23.1. The van der Waals surface area contributed by atoms with Crippen molar-refractivity contribution in [3.63, 3.8) is 0 Å². The normalized spacial score (nSPS) is 19.1. The van der Waals surface area contributed by atoms with E-state index in [1.54, 1.807) is 48.8 Å². The van der Waals surface area contributed by atoms with Gasteiger partial charge in [-0.2, -0.15) is 0 Å².